The molecule has 140 valence electrons. The highest BCUT2D eigenvalue weighted by Gasteiger charge is 2.13. The lowest BCUT2D eigenvalue weighted by molar-refractivity contribution is -0.113. The molecule has 9 heteroatoms. The summed E-state index contributed by atoms with van der Waals surface area (Å²) in [5.74, 6) is -0.146. The number of amides is 1. The zero-order valence-corrected chi connectivity index (χ0v) is 16.0. The fourth-order valence-corrected chi connectivity index (χ4v) is 3.47. The third-order valence-corrected chi connectivity index (χ3v) is 4.97. The van der Waals surface area contributed by atoms with Crippen molar-refractivity contribution < 1.29 is 4.79 Å². The number of nitrogens with zero attached hydrogens (tertiary/aromatic N) is 3. The van der Waals surface area contributed by atoms with Crippen molar-refractivity contribution in [2.45, 2.75) is 5.16 Å². The highest BCUT2D eigenvalue weighted by molar-refractivity contribution is 7.99. The number of fused-ring (bicyclic) bond motifs is 1. The van der Waals surface area contributed by atoms with Crippen molar-refractivity contribution in [1.29, 1.82) is 0 Å². The molecule has 4 rings (SSSR count). The summed E-state index contributed by atoms with van der Waals surface area (Å²) < 4.78 is 1.60. The van der Waals surface area contributed by atoms with E-state index in [0.29, 0.717) is 26.9 Å². The van der Waals surface area contributed by atoms with E-state index in [4.69, 9.17) is 11.6 Å². The average Bonchev–Trinajstić information content (AvgIpc) is 3.12. The summed E-state index contributed by atoms with van der Waals surface area (Å²) in [5.41, 5.74) is 1.54. The van der Waals surface area contributed by atoms with Gasteiger partial charge in [-0.15, -0.1) is 0 Å². The lowest BCUT2D eigenvalue weighted by Gasteiger charge is -2.06. The zero-order chi connectivity index (χ0) is 19.5. The summed E-state index contributed by atoms with van der Waals surface area (Å²) in [6.45, 7) is 0. The predicted molar refractivity (Wildman–Crippen MR) is 110 cm³/mol. The number of hydrogen-bond donors (Lipinski definition) is 2. The van der Waals surface area contributed by atoms with Crippen molar-refractivity contribution >= 4 is 46.0 Å². The molecule has 28 heavy (non-hydrogen) atoms. The minimum absolute atomic E-state index is 0.0838. The number of hydrogen-bond acceptors (Lipinski definition) is 5. The maximum absolute atomic E-state index is 12.3. The molecule has 0 radical (unpaired) electrons. The topological polar surface area (TPSA) is 92.7 Å². The fraction of sp³-hybridized carbons (Fsp3) is 0.0526. The minimum Gasteiger partial charge on any atom is -0.325 e. The molecule has 4 aromatic rings. The summed E-state index contributed by atoms with van der Waals surface area (Å²) in [7, 11) is 0. The molecule has 7 nitrogen and oxygen atoms in total. The van der Waals surface area contributed by atoms with Gasteiger partial charge in [-0.05, 0) is 30.3 Å². The van der Waals surface area contributed by atoms with Crippen LogP contribution in [0.15, 0.2) is 70.7 Å². The zero-order valence-electron chi connectivity index (χ0n) is 14.4. The van der Waals surface area contributed by atoms with Crippen LogP contribution in [0.1, 0.15) is 0 Å². The summed E-state index contributed by atoms with van der Waals surface area (Å²) in [6, 6.07) is 16.3. The molecule has 0 bridgehead atoms. The first-order valence-corrected chi connectivity index (χ1v) is 9.68. The van der Waals surface area contributed by atoms with Gasteiger partial charge in [-0.2, -0.15) is 5.10 Å². The van der Waals surface area contributed by atoms with Gasteiger partial charge in [-0.1, -0.05) is 47.6 Å². The summed E-state index contributed by atoms with van der Waals surface area (Å²) >= 11 is 7.05. The second-order valence-electron chi connectivity index (χ2n) is 5.85. The number of aromatic nitrogens is 4. The predicted octanol–water partition coefficient (Wildman–Crippen LogP) is 3.49. The molecule has 0 aliphatic rings. The van der Waals surface area contributed by atoms with Crippen LogP contribution in [0, 0.1) is 0 Å². The van der Waals surface area contributed by atoms with Crippen LogP contribution in [0.2, 0.25) is 5.02 Å². The fourth-order valence-electron chi connectivity index (χ4n) is 2.62. The average molecular weight is 412 g/mol. The van der Waals surface area contributed by atoms with E-state index >= 15 is 0 Å². The van der Waals surface area contributed by atoms with Crippen LogP contribution in [-0.2, 0) is 4.79 Å². The van der Waals surface area contributed by atoms with E-state index in [1.165, 1.54) is 6.20 Å². The molecule has 1 amide bonds. The van der Waals surface area contributed by atoms with Crippen LogP contribution in [-0.4, -0.2) is 31.4 Å². The maximum Gasteiger partial charge on any atom is 0.262 e. The van der Waals surface area contributed by atoms with Crippen LogP contribution < -0.4 is 10.9 Å². The van der Waals surface area contributed by atoms with Gasteiger partial charge < -0.3 is 10.3 Å². The van der Waals surface area contributed by atoms with Crippen LogP contribution in [0.5, 0.6) is 0 Å². The maximum atomic E-state index is 12.3. The number of para-hydroxylation sites is 1. The van der Waals surface area contributed by atoms with Crippen LogP contribution >= 0.6 is 23.4 Å². The van der Waals surface area contributed by atoms with Crippen molar-refractivity contribution in [1.82, 2.24) is 19.7 Å². The lowest BCUT2D eigenvalue weighted by Crippen LogP contribution is -2.15. The van der Waals surface area contributed by atoms with E-state index in [-0.39, 0.29) is 17.2 Å². The second-order valence-corrected chi connectivity index (χ2v) is 7.25. The molecule has 0 saturated heterocycles. The third kappa shape index (κ3) is 3.92. The molecule has 2 heterocycles. The van der Waals surface area contributed by atoms with Crippen LogP contribution in [0.4, 0.5) is 5.69 Å². The number of carbonyl (C=O) groups is 1. The van der Waals surface area contributed by atoms with E-state index < -0.39 is 0 Å². The van der Waals surface area contributed by atoms with Gasteiger partial charge in [-0.3, -0.25) is 9.59 Å². The molecule has 0 fully saturated rings. The molecule has 0 atom stereocenters. The number of anilines is 1. The molecule has 2 aromatic heterocycles. The smallest absolute Gasteiger partial charge is 0.262 e. The van der Waals surface area contributed by atoms with E-state index in [9.17, 15) is 9.59 Å². The van der Waals surface area contributed by atoms with Gasteiger partial charge in [0.15, 0.2) is 10.8 Å². The summed E-state index contributed by atoms with van der Waals surface area (Å²) in [4.78, 5) is 31.7. The molecule has 0 aliphatic carbocycles. The first kappa shape index (κ1) is 18.3. The second kappa shape index (κ2) is 7.87. The first-order chi connectivity index (χ1) is 13.6. The van der Waals surface area contributed by atoms with E-state index in [1.54, 1.807) is 28.9 Å². The van der Waals surface area contributed by atoms with Gasteiger partial charge >= 0.3 is 0 Å². The van der Waals surface area contributed by atoms with Crippen molar-refractivity contribution in [2.75, 3.05) is 11.1 Å². The van der Waals surface area contributed by atoms with Crippen molar-refractivity contribution in [2.24, 2.45) is 0 Å². The number of benzene rings is 2. The summed E-state index contributed by atoms with van der Waals surface area (Å²) in [5, 5.41) is 8.28. The highest BCUT2D eigenvalue weighted by atomic mass is 35.5. The number of rotatable bonds is 5. The third-order valence-electron chi connectivity index (χ3n) is 3.87. The van der Waals surface area contributed by atoms with Gasteiger partial charge in [0.25, 0.3) is 5.56 Å². The van der Waals surface area contributed by atoms with E-state index in [2.05, 4.69) is 20.4 Å². The number of carbonyl (C=O) groups excluding carboxylic acids is 1. The molecule has 2 aromatic carbocycles. The molecule has 0 unspecified atom stereocenters. The lowest BCUT2D eigenvalue weighted by atomic mass is 10.3. The Morgan fingerprint density at radius 3 is 2.79 bits per heavy atom. The molecular formula is C19H14ClN5O2S. The molecule has 0 saturated carbocycles. The Morgan fingerprint density at radius 1 is 1.18 bits per heavy atom. The van der Waals surface area contributed by atoms with Crippen LogP contribution in [0.3, 0.4) is 0 Å². The van der Waals surface area contributed by atoms with Gasteiger partial charge in [0, 0.05) is 10.7 Å². The number of aromatic amines is 1. The van der Waals surface area contributed by atoms with Crippen molar-refractivity contribution in [3.8, 4) is 5.69 Å². The molecule has 0 aliphatic heterocycles. The van der Waals surface area contributed by atoms with Crippen molar-refractivity contribution in [3.05, 3.63) is 76.2 Å². The first-order valence-electron chi connectivity index (χ1n) is 8.32. The Kier molecular flexibility index (Phi) is 5.14. The van der Waals surface area contributed by atoms with Gasteiger partial charge in [0.2, 0.25) is 5.91 Å². The number of thioether (sulfide) groups is 1. The monoisotopic (exact) mass is 411 g/mol. The van der Waals surface area contributed by atoms with Gasteiger partial charge in [0.05, 0.1) is 17.6 Å². The Hall–Kier alpha value is -3.10. The van der Waals surface area contributed by atoms with Gasteiger partial charge in [0.1, 0.15) is 5.39 Å². The number of halogens is 1. The largest absolute Gasteiger partial charge is 0.325 e. The summed E-state index contributed by atoms with van der Waals surface area (Å²) in [6.07, 6.45) is 1.48. The standard InChI is InChI=1S/C19H14ClN5O2S/c20-12-5-4-6-13(9-12)22-16(26)11-28-19-23-17-15(18(27)24-19)10-21-25(17)14-7-2-1-3-8-14/h1-10H,11H2,(H,22,26)(H,23,24,27). The minimum atomic E-state index is -0.301. The normalized spacial score (nSPS) is 10.9. The Morgan fingerprint density at radius 2 is 2.00 bits per heavy atom. The Labute approximate surface area is 168 Å². The Bertz CT molecular complexity index is 1210. The Balaban J connectivity index is 1.54. The molecule has 0 spiro atoms. The highest BCUT2D eigenvalue weighted by Crippen LogP contribution is 2.19. The SMILES string of the molecule is O=C(CSc1nc2c(cnn2-c2ccccc2)c(=O)[nH]1)Nc1cccc(Cl)c1. The van der Waals surface area contributed by atoms with E-state index in [1.807, 2.05) is 30.3 Å². The molecule has 2 N–H and O–H groups in total. The quantitative estimate of drug-likeness (QED) is 0.387. The van der Waals surface area contributed by atoms with Crippen LogP contribution in [0.25, 0.3) is 16.7 Å². The molecular weight excluding hydrogens is 398 g/mol. The number of nitrogens with one attached hydrogen (secondary N) is 2. The van der Waals surface area contributed by atoms with Gasteiger partial charge in [-0.25, -0.2) is 9.67 Å². The van der Waals surface area contributed by atoms with Crippen molar-refractivity contribution in [3.63, 3.8) is 0 Å². The number of H-pyrrole nitrogens is 1. The van der Waals surface area contributed by atoms with E-state index in [0.717, 1.165) is 17.4 Å².